The van der Waals surface area contributed by atoms with E-state index >= 15 is 0 Å². The minimum absolute atomic E-state index is 0.0329. The van der Waals surface area contributed by atoms with Crippen molar-refractivity contribution in [3.05, 3.63) is 47.1 Å². The van der Waals surface area contributed by atoms with Crippen LogP contribution in [-0.2, 0) is 13.6 Å². The van der Waals surface area contributed by atoms with Crippen molar-refractivity contribution >= 4 is 23.1 Å². The monoisotopic (exact) mass is 404 g/mol. The lowest BCUT2D eigenvalue weighted by atomic mass is 10.0. The molecule has 4 heterocycles. The number of benzene rings is 1. The van der Waals surface area contributed by atoms with Gasteiger partial charge in [0.1, 0.15) is 17.6 Å². The molecule has 154 valence electrons. The van der Waals surface area contributed by atoms with E-state index in [1.807, 2.05) is 38.4 Å². The molecule has 2 bridgehead atoms. The van der Waals surface area contributed by atoms with Crippen LogP contribution in [0.1, 0.15) is 29.6 Å². The van der Waals surface area contributed by atoms with E-state index in [0.717, 1.165) is 57.2 Å². The molecule has 0 saturated carbocycles. The summed E-state index contributed by atoms with van der Waals surface area (Å²) in [6.45, 7) is 5.39. The van der Waals surface area contributed by atoms with Crippen LogP contribution in [-0.4, -0.2) is 49.7 Å². The molecule has 0 aliphatic carbocycles. The third kappa shape index (κ3) is 3.19. The summed E-state index contributed by atoms with van der Waals surface area (Å²) in [4.78, 5) is 2.18. The van der Waals surface area contributed by atoms with Crippen LogP contribution < -0.4 is 4.74 Å². The van der Waals surface area contributed by atoms with Crippen molar-refractivity contribution in [2.45, 2.75) is 26.5 Å². The highest BCUT2D eigenvalue weighted by Gasteiger charge is 2.19. The summed E-state index contributed by atoms with van der Waals surface area (Å²) in [5.41, 5.74) is 5.73. The van der Waals surface area contributed by atoms with Gasteiger partial charge in [0, 0.05) is 31.1 Å². The first-order chi connectivity index (χ1) is 14.5. The van der Waals surface area contributed by atoms with Gasteiger partial charge in [-0.05, 0) is 50.7 Å². The number of H-pyrrole nitrogens is 1. The fourth-order valence-corrected chi connectivity index (χ4v) is 3.99. The Bertz CT molecular complexity index is 1250. The van der Waals surface area contributed by atoms with Gasteiger partial charge >= 0.3 is 0 Å². The van der Waals surface area contributed by atoms with Gasteiger partial charge in [0.25, 0.3) is 0 Å². The molecule has 1 aliphatic rings. The van der Waals surface area contributed by atoms with Crippen LogP contribution in [0.2, 0.25) is 0 Å². The number of nitrogens with zero attached hydrogens (tertiary/aromatic N) is 5. The number of fused-ring (bicyclic) bond motifs is 4. The first kappa shape index (κ1) is 18.6. The van der Waals surface area contributed by atoms with Gasteiger partial charge in [-0.2, -0.15) is 10.2 Å². The third-order valence-corrected chi connectivity index (χ3v) is 5.48. The Hall–Kier alpha value is -3.39. The highest BCUT2D eigenvalue weighted by molar-refractivity contribution is 5.93. The Morgan fingerprint density at radius 2 is 2.07 bits per heavy atom. The number of likely N-dealkylation sites (N-methyl/N-ethyl adjacent to an activating group) is 1. The summed E-state index contributed by atoms with van der Waals surface area (Å²) in [6.07, 6.45) is 5.86. The van der Waals surface area contributed by atoms with Gasteiger partial charge in [-0.3, -0.25) is 10.00 Å². The lowest BCUT2D eigenvalue weighted by molar-refractivity contribution is 0.147. The van der Waals surface area contributed by atoms with E-state index < -0.39 is 0 Å². The zero-order valence-electron chi connectivity index (χ0n) is 17.5. The average Bonchev–Trinajstić information content (AvgIpc) is 3.38. The van der Waals surface area contributed by atoms with Crippen LogP contribution in [0.3, 0.4) is 0 Å². The maximum absolute atomic E-state index is 6.33. The number of hydrogen-bond donors (Lipinski definition) is 1. The summed E-state index contributed by atoms with van der Waals surface area (Å²) < 4.78 is 13.6. The van der Waals surface area contributed by atoms with E-state index in [0.29, 0.717) is 6.54 Å². The van der Waals surface area contributed by atoms with E-state index in [1.54, 1.807) is 4.68 Å². The maximum atomic E-state index is 6.33. The number of ether oxygens (including phenoxy) is 1. The lowest BCUT2D eigenvalue weighted by Gasteiger charge is -2.22. The molecule has 0 spiro atoms. The highest BCUT2D eigenvalue weighted by atomic mass is 16.5. The topological polar surface area (TPSA) is 85.0 Å². The van der Waals surface area contributed by atoms with Crippen molar-refractivity contribution in [1.82, 2.24) is 30.0 Å². The standard InChI is InChI=1S/C22H24N6O2/c1-13-11-27(3)12-21-16(14(2)30-26-21)6-8-20-17-9-15(5-7-19(17)24-25-20)18-10-23-28(4)22(18)29-13/h5-10,13H,11-12H2,1-4H3,(H,24,25)/b8-6+/t13-/m0/s1. The van der Waals surface area contributed by atoms with E-state index in [1.165, 1.54) is 0 Å². The second kappa shape index (κ2) is 7.14. The molecule has 1 aliphatic heterocycles. The van der Waals surface area contributed by atoms with Gasteiger partial charge in [-0.1, -0.05) is 11.2 Å². The Labute approximate surface area is 174 Å². The molecule has 0 unspecified atom stereocenters. The Morgan fingerprint density at radius 1 is 1.20 bits per heavy atom. The van der Waals surface area contributed by atoms with Crippen LogP contribution in [0.5, 0.6) is 5.88 Å². The molecule has 8 heteroatoms. The van der Waals surface area contributed by atoms with Crippen LogP contribution in [0.25, 0.3) is 34.2 Å². The van der Waals surface area contributed by atoms with Gasteiger partial charge in [0.15, 0.2) is 0 Å². The number of aryl methyl sites for hydroxylation is 2. The molecular weight excluding hydrogens is 380 g/mol. The number of nitrogens with one attached hydrogen (secondary N) is 1. The van der Waals surface area contributed by atoms with Crippen molar-refractivity contribution < 1.29 is 9.26 Å². The fraction of sp³-hybridized carbons (Fsp3) is 0.318. The fourth-order valence-electron chi connectivity index (χ4n) is 3.99. The van der Waals surface area contributed by atoms with Crippen LogP contribution >= 0.6 is 0 Å². The Balaban J connectivity index is 1.69. The number of aromatic amines is 1. The van der Waals surface area contributed by atoms with Crippen LogP contribution in [0.4, 0.5) is 0 Å². The molecule has 8 nitrogen and oxygen atoms in total. The molecule has 5 rings (SSSR count). The predicted octanol–water partition coefficient (Wildman–Crippen LogP) is 3.64. The molecule has 0 amide bonds. The summed E-state index contributed by atoms with van der Waals surface area (Å²) in [5, 5.41) is 17.3. The molecule has 0 radical (unpaired) electrons. The van der Waals surface area contributed by atoms with Gasteiger partial charge in [0.05, 0.1) is 23.0 Å². The van der Waals surface area contributed by atoms with Gasteiger partial charge in [-0.25, -0.2) is 4.68 Å². The van der Waals surface area contributed by atoms with Crippen LogP contribution in [0.15, 0.2) is 28.9 Å². The molecule has 3 aromatic heterocycles. The molecule has 1 aromatic carbocycles. The molecule has 0 fully saturated rings. The van der Waals surface area contributed by atoms with E-state index in [4.69, 9.17) is 9.26 Å². The highest BCUT2D eigenvalue weighted by Crippen LogP contribution is 2.33. The number of rotatable bonds is 0. The molecule has 30 heavy (non-hydrogen) atoms. The van der Waals surface area contributed by atoms with Crippen molar-refractivity contribution in [3.8, 4) is 17.0 Å². The minimum Gasteiger partial charge on any atom is -0.473 e. The van der Waals surface area contributed by atoms with Gasteiger partial charge in [-0.15, -0.1) is 0 Å². The molecular formula is C22H24N6O2. The van der Waals surface area contributed by atoms with Crippen molar-refractivity contribution in [3.63, 3.8) is 0 Å². The van der Waals surface area contributed by atoms with Crippen molar-refractivity contribution in [1.29, 1.82) is 0 Å². The van der Waals surface area contributed by atoms with E-state index in [2.05, 4.69) is 51.5 Å². The van der Waals surface area contributed by atoms with Crippen molar-refractivity contribution in [2.24, 2.45) is 7.05 Å². The van der Waals surface area contributed by atoms with Gasteiger partial charge < -0.3 is 9.26 Å². The predicted molar refractivity (Wildman–Crippen MR) is 115 cm³/mol. The lowest BCUT2D eigenvalue weighted by Crippen LogP contribution is -2.31. The minimum atomic E-state index is -0.0329. The molecule has 4 aromatic rings. The van der Waals surface area contributed by atoms with Gasteiger partial charge in [0.2, 0.25) is 5.88 Å². The SMILES string of the molecule is Cc1onc2c1/C=C/c1n[nH]c3ccc(cc13)-c1cnn(C)c1O[C@@H](C)CN(C)C2. The summed E-state index contributed by atoms with van der Waals surface area (Å²) in [5.74, 6) is 1.55. The van der Waals surface area contributed by atoms with E-state index in [-0.39, 0.29) is 6.10 Å². The zero-order chi connectivity index (χ0) is 20.8. The van der Waals surface area contributed by atoms with Crippen LogP contribution in [0, 0.1) is 6.92 Å². The Kier molecular flexibility index (Phi) is 4.43. The quantitative estimate of drug-likeness (QED) is 0.482. The largest absolute Gasteiger partial charge is 0.473 e. The molecule has 1 atom stereocenters. The normalized spacial score (nSPS) is 18.5. The second-order valence-corrected chi connectivity index (χ2v) is 7.91. The average molecular weight is 404 g/mol. The van der Waals surface area contributed by atoms with E-state index in [9.17, 15) is 0 Å². The second-order valence-electron chi connectivity index (χ2n) is 7.91. The summed E-state index contributed by atoms with van der Waals surface area (Å²) in [7, 11) is 3.96. The first-order valence-electron chi connectivity index (χ1n) is 9.98. The smallest absolute Gasteiger partial charge is 0.219 e. The number of aromatic nitrogens is 5. The number of hydrogen-bond acceptors (Lipinski definition) is 6. The third-order valence-electron chi connectivity index (χ3n) is 5.48. The zero-order valence-corrected chi connectivity index (χ0v) is 17.5. The summed E-state index contributed by atoms with van der Waals surface area (Å²) in [6, 6.07) is 6.23. The first-order valence-corrected chi connectivity index (χ1v) is 9.98. The molecule has 1 N–H and O–H groups in total. The Morgan fingerprint density at radius 3 is 2.93 bits per heavy atom. The van der Waals surface area contributed by atoms with Crippen molar-refractivity contribution in [2.75, 3.05) is 13.6 Å². The molecule has 0 saturated heterocycles. The summed E-state index contributed by atoms with van der Waals surface area (Å²) >= 11 is 0. The maximum Gasteiger partial charge on any atom is 0.219 e.